The molecule has 0 aromatic heterocycles. The molecular weight excluding hydrogens is 262 g/mol. The first-order valence-electron chi connectivity index (χ1n) is 7.29. The van der Waals surface area contributed by atoms with Crippen LogP contribution in [0.1, 0.15) is 12.0 Å². The van der Waals surface area contributed by atoms with E-state index in [2.05, 4.69) is 66.0 Å². The molecule has 1 aliphatic heterocycles. The van der Waals surface area contributed by atoms with Gasteiger partial charge in [0.1, 0.15) is 0 Å². The second kappa shape index (κ2) is 6.47. The maximum absolute atomic E-state index is 3.46. The van der Waals surface area contributed by atoms with Gasteiger partial charge in [0, 0.05) is 23.4 Å². The molecule has 0 bridgehead atoms. The van der Waals surface area contributed by atoms with E-state index >= 15 is 0 Å². The average molecular weight is 283 g/mol. The van der Waals surface area contributed by atoms with Crippen LogP contribution >= 0.6 is 11.8 Å². The number of thioether (sulfide) groups is 1. The minimum Gasteiger partial charge on any atom is -0.316 e. The molecule has 0 radical (unpaired) electrons. The molecule has 1 heterocycles. The smallest absolute Gasteiger partial charge is 0.00719 e. The first-order valence-corrected chi connectivity index (χ1v) is 8.27. The van der Waals surface area contributed by atoms with Crippen molar-refractivity contribution in [3.63, 3.8) is 0 Å². The predicted octanol–water partition coefficient (Wildman–Crippen LogP) is 4.00. The Morgan fingerprint density at radius 1 is 0.900 bits per heavy atom. The quantitative estimate of drug-likeness (QED) is 0.804. The van der Waals surface area contributed by atoms with E-state index in [4.69, 9.17) is 0 Å². The molecule has 20 heavy (non-hydrogen) atoms. The second-order valence-corrected chi connectivity index (χ2v) is 6.85. The van der Waals surface area contributed by atoms with Crippen LogP contribution in [0.5, 0.6) is 0 Å². The Labute approximate surface area is 125 Å². The lowest BCUT2D eigenvalue weighted by Gasteiger charge is -2.43. The van der Waals surface area contributed by atoms with Crippen LogP contribution < -0.4 is 5.32 Å². The fourth-order valence-corrected chi connectivity index (χ4v) is 3.92. The van der Waals surface area contributed by atoms with Crippen LogP contribution in [0.25, 0.3) is 0 Å². The molecule has 0 saturated carbocycles. The molecule has 2 heteroatoms. The van der Waals surface area contributed by atoms with E-state index in [1.807, 2.05) is 11.8 Å². The highest BCUT2D eigenvalue weighted by Gasteiger charge is 2.36. The molecule has 1 fully saturated rings. The highest BCUT2D eigenvalue weighted by atomic mass is 32.2. The van der Waals surface area contributed by atoms with Crippen LogP contribution in [-0.2, 0) is 6.42 Å². The summed E-state index contributed by atoms with van der Waals surface area (Å²) in [6.45, 7) is 2.33. The summed E-state index contributed by atoms with van der Waals surface area (Å²) >= 11 is 1.98. The standard InChI is InChI=1S/C18H21NS/c1-3-7-16(8-4-1)13-18(14-19-15-18)11-12-20-17-9-5-2-6-10-17/h1-10,19H,11-15H2. The van der Waals surface area contributed by atoms with Crippen molar-refractivity contribution >= 4 is 11.8 Å². The molecular formula is C18H21NS. The number of hydrogen-bond acceptors (Lipinski definition) is 2. The zero-order valence-corrected chi connectivity index (χ0v) is 12.5. The van der Waals surface area contributed by atoms with Gasteiger partial charge in [-0.25, -0.2) is 0 Å². The number of benzene rings is 2. The molecule has 1 saturated heterocycles. The molecule has 0 amide bonds. The molecule has 0 atom stereocenters. The normalized spacial score (nSPS) is 16.6. The summed E-state index contributed by atoms with van der Waals surface area (Å²) in [6.07, 6.45) is 2.49. The SMILES string of the molecule is c1ccc(CC2(CCSc3ccccc3)CNC2)cc1. The Balaban J connectivity index is 1.54. The van der Waals surface area contributed by atoms with Crippen molar-refractivity contribution in [2.75, 3.05) is 18.8 Å². The summed E-state index contributed by atoms with van der Waals surface area (Å²) in [6, 6.07) is 21.6. The Bertz CT molecular complexity index is 520. The number of nitrogens with one attached hydrogen (secondary N) is 1. The van der Waals surface area contributed by atoms with Crippen molar-refractivity contribution in [3.8, 4) is 0 Å². The summed E-state index contributed by atoms with van der Waals surface area (Å²) < 4.78 is 0. The van der Waals surface area contributed by atoms with Crippen molar-refractivity contribution in [1.82, 2.24) is 5.32 Å². The Morgan fingerprint density at radius 3 is 2.15 bits per heavy atom. The maximum Gasteiger partial charge on any atom is 0.00719 e. The van der Waals surface area contributed by atoms with E-state index in [0.29, 0.717) is 5.41 Å². The molecule has 3 rings (SSSR count). The predicted molar refractivity (Wildman–Crippen MR) is 87.2 cm³/mol. The van der Waals surface area contributed by atoms with Crippen molar-refractivity contribution in [2.24, 2.45) is 5.41 Å². The van der Waals surface area contributed by atoms with Gasteiger partial charge in [-0.15, -0.1) is 11.8 Å². The zero-order valence-electron chi connectivity index (χ0n) is 11.7. The second-order valence-electron chi connectivity index (χ2n) is 5.68. The van der Waals surface area contributed by atoms with Gasteiger partial charge < -0.3 is 5.32 Å². The van der Waals surface area contributed by atoms with Crippen molar-refractivity contribution < 1.29 is 0 Å². The molecule has 2 aromatic carbocycles. The summed E-state index contributed by atoms with van der Waals surface area (Å²) in [5.41, 5.74) is 1.95. The fraction of sp³-hybridized carbons (Fsp3) is 0.333. The van der Waals surface area contributed by atoms with E-state index in [-0.39, 0.29) is 0 Å². The van der Waals surface area contributed by atoms with Crippen LogP contribution in [0, 0.1) is 5.41 Å². The van der Waals surface area contributed by atoms with Crippen molar-refractivity contribution in [1.29, 1.82) is 0 Å². The van der Waals surface area contributed by atoms with Crippen molar-refractivity contribution in [2.45, 2.75) is 17.7 Å². The zero-order chi connectivity index (χ0) is 13.7. The van der Waals surface area contributed by atoms with Gasteiger partial charge in [-0.2, -0.15) is 0 Å². The van der Waals surface area contributed by atoms with Crippen LogP contribution in [0.3, 0.4) is 0 Å². The first-order chi connectivity index (χ1) is 9.86. The minimum atomic E-state index is 0.475. The molecule has 0 spiro atoms. The lowest BCUT2D eigenvalue weighted by atomic mass is 9.74. The van der Waals surface area contributed by atoms with E-state index in [1.165, 1.54) is 29.1 Å². The van der Waals surface area contributed by atoms with Crippen LogP contribution in [-0.4, -0.2) is 18.8 Å². The number of rotatable bonds is 6. The van der Waals surface area contributed by atoms with Gasteiger partial charge >= 0.3 is 0 Å². The topological polar surface area (TPSA) is 12.0 Å². The lowest BCUT2D eigenvalue weighted by molar-refractivity contribution is 0.162. The van der Waals surface area contributed by atoms with E-state index in [1.54, 1.807) is 0 Å². The summed E-state index contributed by atoms with van der Waals surface area (Å²) in [4.78, 5) is 1.38. The molecule has 1 aliphatic rings. The summed E-state index contributed by atoms with van der Waals surface area (Å²) in [5.74, 6) is 1.21. The Morgan fingerprint density at radius 2 is 1.55 bits per heavy atom. The van der Waals surface area contributed by atoms with Gasteiger partial charge in [0.2, 0.25) is 0 Å². The van der Waals surface area contributed by atoms with Gasteiger partial charge in [0.25, 0.3) is 0 Å². The third-order valence-corrected chi connectivity index (χ3v) is 5.08. The molecule has 1 N–H and O–H groups in total. The maximum atomic E-state index is 3.46. The van der Waals surface area contributed by atoms with E-state index in [0.717, 1.165) is 13.1 Å². The first kappa shape index (κ1) is 13.7. The fourth-order valence-electron chi connectivity index (χ4n) is 2.80. The molecule has 1 nitrogen and oxygen atoms in total. The Hall–Kier alpha value is -1.25. The monoisotopic (exact) mass is 283 g/mol. The summed E-state index contributed by atoms with van der Waals surface area (Å²) in [7, 11) is 0. The van der Waals surface area contributed by atoms with Gasteiger partial charge in [-0.1, -0.05) is 48.5 Å². The van der Waals surface area contributed by atoms with E-state index in [9.17, 15) is 0 Å². The van der Waals surface area contributed by atoms with Crippen LogP contribution in [0.4, 0.5) is 0 Å². The average Bonchev–Trinajstić information content (AvgIpc) is 2.47. The Kier molecular flexibility index (Phi) is 4.44. The van der Waals surface area contributed by atoms with Crippen LogP contribution in [0.15, 0.2) is 65.6 Å². The lowest BCUT2D eigenvalue weighted by Crippen LogP contribution is -2.55. The van der Waals surface area contributed by atoms with Gasteiger partial charge in [-0.3, -0.25) is 0 Å². The molecule has 0 unspecified atom stereocenters. The number of hydrogen-bond donors (Lipinski definition) is 1. The van der Waals surface area contributed by atoms with Gasteiger partial charge in [-0.05, 0) is 36.3 Å². The largest absolute Gasteiger partial charge is 0.316 e. The molecule has 104 valence electrons. The van der Waals surface area contributed by atoms with Crippen LogP contribution in [0.2, 0.25) is 0 Å². The summed E-state index contributed by atoms with van der Waals surface area (Å²) in [5, 5.41) is 3.46. The third-order valence-electron chi connectivity index (χ3n) is 4.07. The van der Waals surface area contributed by atoms with Gasteiger partial charge in [0.05, 0.1) is 0 Å². The van der Waals surface area contributed by atoms with Crippen molar-refractivity contribution in [3.05, 3.63) is 66.2 Å². The van der Waals surface area contributed by atoms with Gasteiger partial charge in [0.15, 0.2) is 0 Å². The highest BCUT2D eigenvalue weighted by molar-refractivity contribution is 7.99. The highest BCUT2D eigenvalue weighted by Crippen LogP contribution is 2.34. The molecule has 2 aromatic rings. The van der Waals surface area contributed by atoms with E-state index < -0.39 is 0 Å². The molecule has 0 aliphatic carbocycles. The minimum absolute atomic E-state index is 0.475. The third kappa shape index (κ3) is 3.44.